The van der Waals surface area contributed by atoms with Crippen molar-refractivity contribution in [2.24, 2.45) is 0 Å². The Balaban J connectivity index is 3.05. The quantitative estimate of drug-likeness (QED) is 0.581. The number of nitriles is 1. The number of carbonyl (C=O) groups excluding carboxylic acids is 1. The molecule has 0 heterocycles. The number of benzene rings is 1. The van der Waals surface area contributed by atoms with Crippen LogP contribution in [0.15, 0.2) is 12.1 Å². The molecule has 0 aliphatic rings. The van der Waals surface area contributed by atoms with Crippen LogP contribution in [-0.2, 0) is 6.42 Å². The van der Waals surface area contributed by atoms with Gasteiger partial charge in [-0.1, -0.05) is 6.07 Å². The van der Waals surface area contributed by atoms with Gasteiger partial charge in [-0.05, 0) is 30.5 Å². The van der Waals surface area contributed by atoms with Crippen LogP contribution >= 0.6 is 0 Å². The molecule has 3 nitrogen and oxygen atoms in total. The Bertz CT molecular complexity index is 391. The first-order chi connectivity index (χ1) is 6.70. The molecule has 0 aliphatic heterocycles. The van der Waals surface area contributed by atoms with Gasteiger partial charge in [-0.2, -0.15) is 5.26 Å². The van der Waals surface area contributed by atoms with E-state index < -0.39 is 0 Å². The normalized spacial score (nSPS) is 9.43. The third-order valence-electron chi connectivity index (χ3n) is 2.29. The first-order valence-corrected chi connectivity index (χ1v) is 4.40. The van der Waals surface area contributed by atoms with Crippen molar-refractivity contribution in [3.05, 3.63) is 28.8 Å². The number of hydrogen-bond donors (Lipinski definition) is 1. The maximum absolute atomic E-state index is 10.6. The lowest BCUT2D eigenvalue weighted by Crippen LogP contribution is -2.00. The van der Waals surface area contributed by atoms with Crippen LogP contribution in [0.3, 0.4) is 0 Å². The van der Waals surface area contributed by atoms with Gasteiger partial charge in [0.15, 0.2) is 6.29 Å². The summed E-state index contributed by atoms with van der Waals surface area (Å²) in [7, 11) is 0. The lowest BCUT2D eigenvalue weighted by molar-refractivity contribution is 0.112. The zero-order valence-corrected chi connectivity index (χ0v) is 8.08. The first kappa shape index (κ1) is 10.3. The molecule has 0 aromatic heterocycles. The van der Waals surface area contributed by atoms with Crippen molar-refractivity contribution in [3.63, 3.8) is 0 Å². The molecule has 72 valence electrons. The summed E-state index contributed by atoms with van der Waals surface area (Å²) in [5, 5.41) is 8.45. The molecule has 0 bridgehead atoms. The Kier molecular flexibility index (Phi) is 3.24. The summed E-state index contributed by atoms with van der Waals surface area (Å²) in [6, 6.07) is 5.63. The maximum atomic E-state index is 10.6. The third-order valence-corrected chi connectivity index (χ3v) is 2.29. The number of aryl methyl sites for hydroxylation is 1. The third kappa shape index (κ3) is 1.91. The molecule has 0 amide bonds. The zero-order chi connectivity index (χ0) is 10.6. The molecule has 1 rings (SSSR count). The van der Waals surface area contributed by atoms with Gasteiger partial charge in [0, 0.05) is 17.7 Å². The van der Waals surface area contributed by atoms with Gasteiger partial charge in [0.1, 0.15) is 0 Å². The summed E-state index contributed by atoms with van der Waals surface area (Å²) in [4.78, 5) is 10.6. The van der Waals surface area contributed by atoms with Gasteiger partial charge < -0.3 is 5.73 Å². The van der Waals surface area contributed by atoms with Gasteiger partial charge in [-0.25, -0.2) is 0 Å². The molecule has 0 spiro atoms. The molecule has 0 saturated carbocycles. The van der Waals surface area contributed by atoms with E-state index in [0.717, 1.165) is 17.4 Å². The fraction of sp³-hybridized carbons (Fsp3) is 0.273. The molecule has 2 N–H and O–H groups in total. The highest BCUT2D eigenvalue weighted by Gasteiger charge is 2.05. The van der Waals surface area contributed by atoms with Crippen LogP contribution in [0.5, 0.6) is 0 Å². The van der Waals surface area contributed by atoms with E-state index in [0.29, 0.717) is 24.1 Å². The van der Waals surface area contributed by atoms with Crippen LogP contribution in [0, 0.1) is 18.3 Å². The predicted octanol–water partition coefficient (Wildman–Crippen LogP) is 1.85. The predicted molar refractivity (Wildman–Crippen MR) is 54.9 cm³/mol. The molecule has 3 heteroatoms. The molecule has 0 radical (unpaired) electrons. The average molecular weight is 188 g/mol. The molecular formula is C11H12N2O. The van der Waals surface area contributed by atoms with E-state index in [4.69, 9.17) is 11.0 Å². The van der Waals surface area contributed by atoms with Crippen LogP contribution < -0.4 is 5.73 Å². The summed E-state index contributed by atoms with van der Waals surface area (Å²) >= 11 is 0. The molecule has 14 heavy (non-hydrogen) atoms. The van der Waals surface area contributed by atoms with Crippen LogP contribution in [0.1, 0.15) is 27.9 Å². The van der Waals surface area contributed by atoms with Crippen LogP contribution in [0.25, 0.3) is 0 Å². The summed E-state index contributed by atoms with van der Waals surface area (Å²) in [6.45, 7) is 1.87. The lowest BCUT2D eigenvalue weighted by Gasteiger charge is -2.08. The Morgan fingerprint density at radius 1 is 1.57 bits per heavy atom. The van der Waals surface area contributed by atoms with Crippen LogP contribution in [-0.4, -0.2) is 6.29 Å². The number of anilines is 1. The van der Waals surface area contributed by atoms with Crippen molar-refractivity contribution in [2.75, 3.05) is 5.73 Å². The fourth-order valence-electron chi connectivity index (χ4n) is 1.36. The minimum absolute atomic E-state index is 0.473. The molecule has 0 atom stereocenters. The van der Waals surface area contributed by atoms with Gasteiger partial charge in [0.2, 0.25) is 0 Å². The van der Waals surface area contributed by atoms with Crippen molar-refractivity contribution in [1.29, 1.82) is 5.26 Å². The average Bonchev–Trinajstić information content (AvgIpc) is 2.20. The lowest BCUT2D eigenvalue weighted by atomic mass is 9.99. The number of hydrogen-bond acceptors (Lipinski definition) is 3. The van der Waals surface area contributed by atoms with Crippen LogP contribution in [0.4, 0.5) is 5.69 Å². The molecular weight excluding hydrogens is 176 g/mol. The Hall–Kier alpha value is -1.82. The van der Waals surface area contributed by atoms with E-state index in [2.05, 4.69) is 6.07 Å². The Morgan fingerprint density at radius 2 is 2.29 bits per heavy atom. The topological polar surface area (TPSA) is 66.9 Å². The zero-order valence-electron chi connectivity index (χ0n) is 8.08. The standard InChI is InChI=1S/C11H12N2O/c1-8-9(3-2-6-12)4-5-10(7-14)11(8)13/h4-5,7H,2-3,13H2,1H3. The smallest absolute Gasteiger partial charge is 0.152 e. The number of nitrogens with zero attached hydrogens (tertiary/aromatic N) is 1. The van der Waals surface area contributed by atoms with E-state index in [1.54, 1.807) is 6.07 Å². The Morgan fingerprint density at radius 3 is 2.86 bits per heavy atom. The molecule has 0 aliphatic carbocycles. The maximum Gasteiger partial charge on any atom is 0.152 e. The molecule has 0 fully saturated rings. The SMILES string of the molecule is Cc1c(CCC#N)ccc(C=O)c1N. The number of nitrogens with two attached hydrogens (primary N) is 1. The summed E-state index contributed by atoms with van der Waals surface area (Å²) in [5.74, 6) is 0. The van der Waals surface area contributed by atoms with Crippen LogP contribution in [0.2, 0.25) is 0 Å². The number of rotatable bonds is 3. The van der Waals surface area contributed by atoms with Crippen molar-refractivity contribution in [3.8, 4) is 6.07 Å². The summed E-state index contributed by atoms with van der Waals surface area (Å²) in [5.41, 5.74) is 8.74. The summed E-state index contributed by atoms with van der Waals surface area (Å²) in [6.07, 6.45) is 1.91. The Labute approximate surface area is 83.2 Å². The minimum atomic E-state index is 0.473. The minimum Gasteiger partial charge on any atom is -0.398 e. The molecule has 1 aromatic rings. The van der Waals surface area contributed by atoms with Gasteiger partial charge >= 0.3 is 0 Å². The van der Waals surface area contributed by atoms with E-state index in [1.165, 1.54) is 0 Å². The highest BCUT2D eigenvalue weighted by atomic mass is 16.1. The second-order valence-electron chi connectivity index (χ2n) is 3.13. The van der Waals surface area contributed by atoms with Gasteiger partial charge in [-0.3, -0.25) is 4.79 Å². The van der Waals surface area contributed by atoms with E-state index in [1.807, 2.05) is 13.0 Å². The second-order valence-corrected chi connectivity index (χ2v) is 3.13. The van der Waals surface area contributed by atoms with E-state index in [9.17, 15) is 4.79 Å². The highest BCUT2D eigenvalue weighted by molar-refractivity contribution is 5.84. The number of aldehydes is 1. The monoisotopic (exact) mass is 188 g/mol. The van der Waals surface area contributed by atoms with Crippen molar-refractivity contribution in [1.82, 2.24) is 0 Å². The summed E-state index contributed by atoms with van der Waals surface area (Å²) < 4.78 is 0. The fourth-order valence-corrected chi connectivity index (χ4v) is 1.36. The molecule has 0 unspecified atom stereocenters. The largest absolute Gasteiger partial charge is 0.398 e. The highest BCUT2D eigenvalue weighted by Crippen LogP contribution is 2.20. The first-order valence-electron chi connectivity index (χ1n) is 4.40. The van der Waals surface area contributed by atoms with Crippen molar-refractivity contribution < 1.29 is 4.79 Å². The molecule has 1 aromatic carbocycles. The van der Waals surface area contributed by atoms with Crippen molar-refractivity contribution >= 4 is 12.0 Å². The number of carbonyl (C=O) groups is 1. The van der Waals surface area contributed by atoms with E-state index in [-0.39, 0.29) is 0 Å². The van der Waals surface area contributed by atoms with Gasteiger partial charge in [-0.15, -0.1) is 0 Å². The second kappa shape index (κ2) is 4.43. The van der Waals surface area contributed by atoms with Gasteiger partial charge in [0.05, 0.1) is 6.07 Å². The molecule has 0 saturated heterocycles. The van der Waals surface area contributed by atoms with E-state index >= 15 is 0 Å². The van der Waals surface area contributed by atoms with Crippen molar-refractivity contribution in [2.45, 2.75) is 19.8 Å². The number of nitrogen functional groups attached to an aromatic ring is 1. The van der Waals surface area contributed by atoms with Gasteiger partial charge in [0.25, 0.3) is 0 Å².